The van der Waals surface area contributed by atoms with E-state index in [9.17, 15) is 5.11 Å². The molecule has 1 aromatic carbocycles. The van der Waals surface area contributed by atoms with Gasteiger partial charge in [0, 0.05) is 4.91 Å². The maximum atomic E-state index is 9.22. The summed E-state index contributed by atoms with van der Waals surface area (Å²) in [6.07, 6.45) is 0. The molecule has 14 heavy (non-hydrogen) atoms. The van der Waals surface area contributed by atoms with Crippen LogP contribution >= 0.6 is 15.9 Å². The zero-order valence-electron chi connectivity index (χ0n) is 7.13. The molecule has 74 valence electrons. The number of nitrogens with zero attached hydrogens (tertiary/aromatic N) is 3. The number of azide groups is 1. The summed E-state index contributed by atoms with van der Waals surface area (Å²) in [6.45, 7) is -0.263. The monoisotopic (exact) mass is 257 g/mol. The van der Waals surface area contributed by atoms with Crippen molar-refractivity contribution in [3.05, 3.63) is 38.7 Å². The standard InChI is InChI=1S/C8H8BrN3O2/c9-6-3-5(1-2-8(6)14)7(4-13)11-12-10/h1-3,7,13-14H,4H2. The minimum absolute atomic E-state index is 0.103. The van der Waals surface area contributed by atoms with Crippen molar-refractivity contribution < 1.29 is 10.2 Å². The molecule has 0 amide bonds. The van der Waals surface area contributed by atoms with Crippen LogP contribution in [0, 0.1) is 0 Å². The normalized spacial score (nSPS) is 11.9. The van der Waals surface area contributed by atoms with Crippen LogP contribution in [-0.4, -0.2) is 16.8 Å². The third-order valence-electron chi connectivity index (χ3n) is 1.72. The Morgan fingerprint density at radius 3 is 2.79 bits per heavy atom. The van der Waals surface area contributed by atoms with Gasteiger partial charge in [0.05, 0.1) is 17.1 Å². The summed E-state index contributed by atoms with van der Waals surface area (Å²) in [5.74, 6) is 0.103. The fourth-order valence-corrected chi connectivity index (χ4v) is 1.40. The van der Waals surface area contributed by atoms with Gasteiger partial charge in [-0.3, -0.25) is 0 Å². The van der Waals surface area contributed by atoms with Crippen LogP contribution in [0.3, 0.4) is 0 Å². The number of aromatic hydroxyl groups is 1. The number of aliphatic hydroxyl groups excluding tert-OH is 1. The van der Waals surface area contributed by atoms with Crippen LogP contribution < -0.4 is 0 Å². The van der Waals surface area contributed by atoms with Crippen molar-refractivity contribution in [2.45, 2.75) is 6.04 Å². The highest BCUT2D eigenvalue weighted by molar-refractivity contribution is 9.10. The second-order valence-electron chi connectivity index (χ2n) is 2.61. The SMILES string of the molecule is [N-]=[N+]=NC(CO)c1ccc(O)c(Br)c1. The number of benzene rings is 1. The molecule has 1 atom stereocenters. The van der Waals surface area contributed by atoms with Gasteiger partial charge in [0.2, 0.25) is 0 Å². The lowest BCUT2D eigenvalue weighted by molar-refractivity contribution is 0.268. The summed E-state index contributed by atoms with van der Waals surface area (Å²) in [4.78, 5) is 2.62. The molecule has 1 rings (SSSR count). The van der Waals surface area contributed by atoms with Gasteiger partial charge in [-0.15, -0.1) is 0 Å². The first-order valence-electron chi connectivity index (χ1n) is 3.82. The molecule has 5 nitrogen and oxygen atoms in total. The number of hydrogen-bond donors (Lipinski definition) is 2. The Morgan fingerprint density at radius 2 is 2.29 bits per heavy atom. The smallest absolute Gasteiger partial charge is 0.129 e. The fraction of sp³-hybridized carbons (Fsp3) is 0.250. The average Bonchev–Trinajstić information content (AvgIpc) is 2.19. The Morgan fingerprint density at radius 1 is 1.57 bits per heavy atom. The summed E-state index contributed by atoms with van der Waals surface area (Å²) in [7, 11) is 0. The van der Waals surface area contributed by atoms with Gasteiger partial charge in [0.1, 0.15) is 5.75 Å². The van der Waals surface area contributed by atoms with Gasteiger partial charge >= 0.3 is 0 Å². The molecular weight excluding hydrogens is 250 g/mol. The Hall–Kier alpha value is -1.23. The number of aliphatic hydroxyl groups is 1. The lowest BCUT2D eigenvalue weighted by Gasteiger charge is -2.08. The van der Waals surface area contributed by atoms with Gasteiger partial charge in [-0.25, -0.2) is 0 Å². The Kier molecular flexibility index (Phi) is 3.76. The highest BCUT2D eigenvalue weighted by atomic mass is 79.9. The highest BCUT2D eigenvalue weighted by Crippen LogP contribution is 2.28. The summed E-state index contributed by atoms with van der Waals surface area (Å²) >= 11 is 3.13. The molecule has 2 N–H and O–H groups in total. The largest absolute Gasteiger partial charge is 0.507 e. The van der Waals surface area contributed by atoms with Crippen molar-refractivity contribution in [2.75, 3.05) is 6.61 Å². The van der Waals surface area contributed by atoms with E-state index in [-0.39, 0.29) is 12.4 Å². The molecular formula is C8H8BrN3O2. The third-order valence-corrected chi connectivity index (χ3v) is 2.36. The first kappa shape index (κ1) is 10.8. The number of phenolic OH excluding ortho intramolecular Hbond substituents is 1. The maximum Gasteiger partial charge on any atom is 0.129 e. The van der Waals surface area contributed by atoms with Gasteiger partial charge in [0.15, 0.2) is 0 Å². The molecule has 0 aliphatic carbocycles. The zero-order chi connectivity index (χ0) is 10.6. The lowest BCUT2D eigenvalue weighted by atomic mass is 10.1. The molecule has 0 radical (unpaired) electrons. The van der Waals surface area contributed by atoms with Gasteiger partial charge in [-0.1, -0.05) is 11.2 Å². The van der Waals surface area contributed by atoms with Crippen LogP contribution in [0.1, 0.15) is 11.6 Å². The van der Waals surface area contributed by atoms with Crippen LogP contribution in [0.5, 0.6) is 5.75 Å². The molecule has 0 saturated heterocycles. The van der Waals surface area contributed by atoms with Crippen LogP contribution in [0.25, 0.3) is 10.4 Å². The third kappa shape index (κ3) is 2.38. The summed E-state index contributed by atoms with van der Waals surface area (Å²) in [5, 5.41) is 21.6. The lowest BCUT2D eigenvalue weighted by Crippen LogP contribution is -1.99. The minimum Gasteiger partial charge on any atom is -0.507 e. The van der Waals surface area contributed by atoms with Crippen molar-refractivity contribution in [2.24, 2.45) is 5.11 Å². The predicted molar refractivity (Wildman–Crippen MR) is 54.8 cm³/mol. The summed E-state index contributed by atoms with van der Waals surface area (Å²) < 4.78 is 0.501. The molecule has 0 saturated carbocycles. The number of halogens is 1. The van der Waals surface area contributed by atoms with E-state index >= 15 is 0 Å². The van der Waals surface area contributed by atoms with E-state index in [0.29, 0.717) is 10.0 Å². The second kappa shape index (κ2) is 4.85. The molecule has 6 heteroatoms. The minimum atomic E-state index is -0.614. The fourth-order valence-electron chi connectivity index (χ4n) is 1.00. The first-order chi connectivity index (χ1) is 6.69. The van der Waals surface area contributed by atoms with Crippen molar-refractivity contribution in [1.29, 1.82) is 0 Å². The van der Waals surface area contributed by atoms with Crippen LogP contribution in [0.15, 0.2) is 27.8 Å². The average molecular weight is 258 g/mol. The van der Waals surface area contributed by atoms with Crippen molar-refractivity contribution >= 4 is 15.9 Å². The van der Waals surface area contributed by atoms with Crippen LogP contribution in [-0.2, 0) is 0 Å². The molecule has 1 aromatic rings. The number of rotatable bonds is 3. The van der Waals surface area contributed by atoms with Crippen molar-refractivity contribution in [1.82, 2.24) is 0 Å². The van der Waals surface area contributed by atoms with E-state index in [1.165, 1.54) is 6.07 Å². The first-order valence-corrected chi connectivity index (χ1v) is 4.61. The number of phenols is 1. The molecule has 0 aliphatic rings. The number of hydrogen-bond acceptors (Lipinski definition) is 3. The topological polar surface area (TPSA) is 89.2 Å². The molecule has 0 aromatic heterocycles. The zero-order valence-corrected chi connectivity index (χ0v) is 8.72. The van der Waals surface area contributed by atoms with Crippen LogP contribution in [0.4, 0.5) is 0 Å². The second-order valence-corrected chi connectivity index (χ2v) is 3.47. The van der Waals surface area contributed by atoms with Crippen LogP contribution in [0.2, 0.25) is 0 Å². The van der Waals surface area contributed by atoms with E-state index in [2.05, 4.69) is 26.0 Å². The summed E-state index contributed by atoms with van der Waals surface area (Å²) in [6, 6.07) is 4.05. The van der Waals surface area contributed by atoms with Gasteiger partial charge in [-0.2, -0.15) is 0 Å². The molecule has 0 heterocycles. The molecule has 1 unspecified atom stereocenters. The van der Waals surface area contributed by atoms with E-state index in [4.69, 9.17) is 10.6 Å². The van der Waals surface area contributed by atoms with E-state index in [0.717, 1.165) is 0 Å². The Labute approximate surface area is 88.8 Å². The Balaban J connectivity index is 3.05. The van der Waals surface area contributed by atoms with E-state index in [1.807, 2.05) is 0 Å². The highest BCUT2D eigenvalue weighted by Gasteiger charge is 2.09. The van der Waals surface area contributed by atoms with Gasteiger partial charge < -0.3 is 10.2 Å². The molecule has 0 bridgehead atoms. The molecule has 0 spiro atoms. The van der Waals surface area contributed by atoms with Crippen molar-refractivity contribution in [3.63, 3.8) is 0 Å². The predicted octanol–water partition coefficient (Wildman–Crippen LogP) is 2.50. The Bertz CT molecular complexity index is 377. The van der Waals surface area contributed by atoms with Crippen molar-refractivity contribution in [3.8, 4) is 5.75 Å². The molecule has 0 aliphatic heterocycles. The molecule has 0 fully saturated rings. The quantitative estimate of drug-likeness (QED) is 0.495. The van der Waals surface area contributed by atoms with Gasteiger partial charge in [0.25, 0.3) is 0 Å². The summed E-state index contributed by atoms with van der Waals surface area (Å²) in [5.41, 5.74) is 8.89. The van der Waals surface area contributed by atoms with E-state index in [1.54, 1.807) is 12.1 Å². The maximum absolute atomic E-state index is 9.22. The van der Waals surface area contributed by atoms with E-state index < -0.39 is 6.04 Å². The van der Waals surface area contributed by atoms with Gasteiger partial charge in [-0.05, 0) is 39.2 Å².